The Kier molecular flexibility index (Phi) is 6.96. The van der Waals surface area contributed by atoms with Crippen LogP contribution in [0.25, 0.3) is 10.8 Å². The molecular formula is C22H28. The van der Waals surface area contributed by atoms with E-state index in [2.05, 4.69) is 61.7 Å². The summed E-state index contributed by atoms with van der Waals surface area (Å²) in [4.78, 5) is 0. The molecule has 0 spiro atoms. The molecule has 116 valence electrons. The van der Waals surface area contributed by atoms with E-state index >= 15 is 0 Å². The summed E-state index contributed by atoms with van der Waals surface area (Å²) in [5.41, 5.74) is 1.48. The van der Waals surface area contributed by atoms with Crippen molar-refractivity contribution in [2.24, 2.45) is 5.92 Å². The highest BCUT2D eigenvalue weighted by Crippen LogP contribution is 2.25. The van der Waals surface area contributed by atoms with E-state index in [4.69, 9.17) is 0 Å². The van der Waals surface area contributed by atoms with Gasteiger partial charge in [-0.05, 0) is 54.4 Å². The first-order valence-electron chi connectivity index (χ1n) is 8.53. The molecule has 0 amide bonds. The predicted molar refractivity (Wildman–Crippen MR) is 99.2 cm³/mol. The van der Waals surface area contributed by atoms with E-state index in [1.54, 1.807) is 0 Å². The zero-order chi connectivity index (χ0) is 15.6. The average Bonchev–Trinajstić information content (AvgIpc) is 2.55. The molecule has 0 saturated carbocycles. The number of fused-ring (bicyclic) bond motifs is 1. The van der Waals surface area contributed by atoms with Crippen LogP contribution in [-0.2, 0) is 6.42 Å². The molecule has 2 rings (SSSR count). The fourth-order valence-corrected chi connectivity index (χ4v) is 3.22. The van der Waals surface area contributed by atoms with Crippen molar-refractivity contribution in [3.8, 4) is 0 Å². The molecule has 0 fully saturated rings. The van der Waals surface area contributed by atoms with Gasteiger partial charge in [-0.1, -0.05) is 67.5 Å². The highest BCUT2D eigenvalue weighted by Gasteiger charge is 2.10. The quantitative estimate of drug-likeness (QED) is 0.337. The second kappa shape index (κ2) is 9.25. The maximum absolute atomic E-state index is 3.95. The Morgan fingerprint density at radius 3 is 2.50 bits per heavy atom. The lowest BCUT2D eigenvalue weighted by Gasteiger charge is -2.16. The van der Waals surface area contributed by atoms with E-state index in [-0.39, 0.29) is 0 Å². The average molecular weight is 292 g/mol. The molecule has 0 aromatic heterocycles. The minimum atomic E-state index is 0.715. The standard InChI is InChI=1S/C22H28/c1-3-5-6-7-8-13-19(12-4-2)18-21-16-11-15-20-14-9-10-17-22(20)21/h3-4,9-11,14-17,19H,1-2,5-8,12-13,18H2. The summed E-state index contributed by atoms with van der Waals surface area (Å²) in [6.45, 7) is 7.74. The molecule has 0 bridgehead atoms. The Balaban J connectivity index is 1.99. The van der Waals surface area contributed by atoms with E-state index in [0.717, 1.165) is 19.3 Å². The summed E-state index contributed by atoms with van der Waals surface area (Å²) in [5, 5.41) is 2.76. The second-order valence-electron chi connectivity index (χ2n) is 6.16. The molecule has 0 aliphatic rings. The third-order valence-electron chi connectivity index (χ3n) is 4.41. The SMILES string of the molecule is C=CCCCCCC(CC=C)Cc1cccc2ccccc12. The first kappa shape index (κ1) is 16.5. The summed E-state index contributed by atoms with van der Waals surface area (Å²) in [6, 6.07) is 15.4. The van der Waals surface area contributed by atoms with Crippen LogP contribution < -0.4 is 0 Å². The lowest BCUT2D eigenvalue weighted by atomic mass is 9.89. The maximum atomic E-state index is 3.95. The van der Waals surface area contributed by atoms with Crippen molar-refractivity contribution in [2.75, 3.05) is 0 Å². The van der Waals surface area contributed by atoms with Gasteiger partial charge in [-0.15, -0.1) is 13.2 Å². The van der Waals surface area contributed by atoms with Crippen molar-refractivity contribution < 1.29 is 0 Å². The van der Waals surface area contributed by atoms with Crippen molar-refractivity contribution in [1.29, 1.82) is 0 Å². The number of unbranched alkanes of at least 4 members (excludes halogenated alkanes) is 3. The molecule has 2 aromatic rings. The lowest BCUT2D eigenvalue weighted by Crippen LogP contribution is -2.04. The van der Waals surface area contributed by atoms with Crippen LogP contribution in [0.1, 0.15) is 44.1 Å². The number of hydrogen-bond donors (Lipinski definition) is 0. The third-order valence-corrected chi connectivity index (χ3v) is 4.41. The van der Waals surface area contributed by atoms with Crippen LogP contribution in [0.2, 0.25) is 0 Å². The smallest absolute Gasteiger partial charge is 0.0152 e. The Labute approximate surface area is 135 Å². The summed E-state index contributed by atoms with van der Waals surface area (Å²) >= 11 is 0. The Morgan fingerprint density at radius 1 is 0.864 bits per heavy atom. The molecule has 0 radical (unpaired) electrons. The van der Waals surface area contributed by atoms with E-state index in [9.17, 15) is 0 Å². The summed E-state index contributed by atoms with van der Waals surface area (Å²) in [7, 11) is 0. The molecule has 0 aliphatic carbocycles. The highest BCUT2D eigenvalue weighted by atomic mass is 14.1. The van der Waals surface area contributed by atoms with Gasteiger partial charge in [0.2, 0.25) is 0 Å². The molecule has 22 heavy (non-hydrogen) atoms. The van der Waals surface area contributed by atoms with E-state index in [1.165, 1.54) is 42.0 Å². The fourth-order valence-electron chi connectivity index (χ4n) is 3.22. The molecular weight excluding hydrogens is 264 g/mol. The second-order valence-corrected chi connectivity index (χ2v) is 6.16. The third kappa shape index (κ3) is 4.87. The van der Waals surface area contributed by atoms with Gasteiger partial charge >= 0.3 is 0 Å². The molecule has 0 aliphatic heterocycles. The van der Waals surface area contributed by atoms with Gasteiger partial charge in [0.25, 0.3) is 0 Å². The first-order valence-corrected chi connectivity index (χ1v) is 8.53. The van der Waals surface area contributed by atoms with Gasteiger partial charge < -0.3 is 0 Å². The number of benzene rings is 2. The Hall–Kier alpha value is -1.82. The summed E-state index contributed by atoms with van der Waals surface area (Å²) < 4.78 is 0. The zero-order valence-electron chi connectivity index (χ0n) is 13.6. The van der Waals surface area contributed by atoms with E-state index in [0.29, 0.717) is 5.92 Å². The minimum absolute atomic E-state index is 0.715. The van der Waals surface area contributed by atoms with Crippen molar-refractivity contribution in [2.45, 2.75) is 44.9 Å². The normalized spacial score (nSPS) is 12.2. The summed E-state index contributed by atoms with van der Waals surface area (Å²) in [6.07, 6.45) is 12.7. The van der Waals surface area contributed by atoms with Crippen LogP contribution in [0.3, 0.4) is 0 Å². The van der Waals surface area contributed by atoms with Crippen LogP contribution in [0.15, 0.2) is 67.8 Å². The predicted octanol–water partition coefficient (Wildman–Crippen LogP) is 6.71. The van der Waals surface area contributed by atoms with Gasteiger partial charge in [-0.2, -0.15) is 0 Å². The summed E-state index contributed by atoms with van der Waals surface area (Å²) in [5.74, 6) is 0.715. The van der Waals surface area contributed by atoms with Gasteiger partial charge in [0.15, 0.2) is 0 Å². The molecule has 0 saturated heterocycles. The Bertz CT molecular complexity index is 589. The van der Waals surface area contributed by atoms with Gasteiger partial charge in [0, 0.05) is 0 Å². The minimum Gasteiger partial charge on any atom is -0.103 e. The van der Waals surface area contributed by atoms with Crippen molar-refractivity contribution in [1.82, 2.24) is 0 Å². The zero-order valence-corrected chi connectivity index (χ0v) is 13.6. The van der Waals surface area contributed by atoms with Crippen LogP contribution in [0, 0.1) is 5.92 Å². The number of rotatable bonds is 10. The maximum Gasteiger partial charge on any atom is -0.0152 e. The molecule has 0 heterocycles. The van der Waals surface area contributed by atoms with Gasteiger partial charge in [-0.3, -0.25) is 0 Å². The van der Waals surface area contributed by atoms with E-state index in [1.807, 2.05) is 6.08 Å². The van der Waals surface area contributed by atoms with Crippen LogP contribution in [0.4, 0.5) is 0 Å². The van der Waals surface area contributed by atoms with Gasteiger partial charge in [-0.25, -0.2) is 0 Å². The monoisotopic (exact) mass is 292 g/mol. The number of allylic oxidation sites excluding steroid dienone is 2. The largest absolute Gasteiger partial charge is 0.103 e. The molecule has 1 unspecified atom stereocenters. The molecule has 2 aromatic carbocycles. The topological polar surface area (TPSA) is 0 Å². The van der Waals surface area contributed by atoms with Crippen LogP contribution in [-0.4, -0.2) is 0 Å². The fraction of sp³-hybridized carbons (Fsp3) is 0.364. The van der Waals surface area contributed by atoms with Gasteiger partial charge in [0.1, 0.15) is 0 Å². The van der Waals surface area contributed by atoms with Gasteiger partial charge in [0.05, 0.1) is 0 Å². The van der Waals surface area contributed by atoms with Crippen LogP contribution in [0.5, 0.6) is 0 Å². The van der Waals surface area contributed by atoms with Crippen molar-refractivity contribution in [3.05, 3.63) is 73.3 Å². The Morgan fingerprint density at radius 2 is 1.68 bits per heavy atom. The number of hydrogen-bond acceptors (Lipinski definition) is 0. The lowest BCUT2D eigenvalue weighted by molar-refractivity contribution is 0.459. The molecule has 0 heteroatoms. The van der Waals surface area contributed by atoms with E-state index < -0.39 is 0 Å². The first-order chi connectivity index (χ1) is 10.8. The molecule has 0 N–H and O–H groups in total. The van der Waals surface area contributed by atoms with Crippen molar-refractivity contribution in [3.63, 3.8) is 0 Å². The van der Waals surface area contributed by atoms with Crippen LogP contribution >= 0.6 is 0 Å². The molecule has 1 atom stereocenters. The molecule has 0 nitrogen and oxygen atoms in total. The highest BCUT2D eigenvalue weighted by molar-refractivity contribution is 5.85. The van der Waals surface area contributed by atoms with Crippen molar-refractivity contribution >= 4 is 10.8 Å².